The monoisotopic (exact) mass is 447 g/mol. The van der Waals surface area contributed by atoms with E-state index < -0.39 is 0 Å². The molecule has 2 heterocycles. The minimum atomic E-state index is -0.118. The van der Waals surface area contributed by atoms with Gasteiger partial charge < -0.3 is 9.80 Å². The van der Waals surface area contributed by atoms with Crippen LogP contribution < -0.4 is 0 Å². The van der Waals surface area contributed by atoms with Crippen molar-refractivity contribution in [3.05, 3.63) is 40.1 Å². The normalized spacial score (nSPS) is 14.9. The maximum absolute atomic E-state index is 13.0. The molecule has 2 amide bonds. The zero-order chi connectivity index (χ0) is 20.3. The summed E-state index contributed by atoms with van der Waals surface area (Å²) >= 11 is 3.45. The summed E-state index contributed by atoms with van der Waals surface area (Å²) in [5, 5.41) is 8.31. The summed E-state index contributed by atoms with van der Waals surface area (Å²) in [6.07, 6.45) is 1.39. The summed E-state index contributed by atoms with van der Waals surface area (Å²) in [6, 6.07) is 7.70. The highest BCUT2D eigenvalue weighted by molar-refractivity contribution is 9.10. The highest BCUT2D eigenvalue weighted by Gasteiger charge is 2.31. The highest BCUT2D eigenvalue weighted by Crippen LogP contribution is 2.23. The first-order valence-electron chi connectivity index (χ1n) is 9.72. The Labute approximate surface area is 173 Å². The molecular formula is C20H26BrN5O2. The lowest BCUT2D eigenvalue weighted by Crippen LogP contribution is -2.44. The van der Waals surface area contributed by atoms with Gasteiger partial charge in [-0.3, -0.25) is 9.59 Å². The van der Waals surface area contributed by atoms with Crippen LogP contribution in [0.15, 0.2) is 28.7 Å². The third-order valence-electron chi connectivity index (χ3n) is 5.36. The topological polar surface area (TPSA) is 71.3 Å². The van der Waals surface area contributed by atoms with Crippen molar-refractivity contribution in [1.29, 1.82) is 0 Å². The number of halogens is 1. The number of hydrogen-bond acceptors (Lipinski definition) is 4. The Balaban J connectivity index is 1.69. The SMILES string of the molecule is CCN(CC)C(=O)C1CCN(C(=O)c2nnn(-c3cccc(Br)c3)c2C)CC1. The molecule has 0 atom stereocenters. The Morgan fingerprint density at radius 3 is 2.50 bits per heavy atom. The van der Waals surface area contributed by atoms with Crippen LogP contribution in [0.1, 0.15) is 42.9 Å². The Morgan fingerprint density at radius 2 is 1.89 bits per heavy atom. The summed E-state index contributed by atoms with van der Waals surface area (Å²) in [5.74, 6) is 0.0868. The molecule has 0 saturated carbocycles. The third kappa shape index (κ3) is 4.11. The van der Waals surface area contributed by atoms with Gasteiger partial charge in [-0.25, -0.2) is 4.68 Å². The van der Waals surface area contributed by atoms with Gasteiger partial charge in [0.2, 0.25) is 5.91 Å². The number of nitrogens with zero attached hydrogens (tertiary/aromatic N) is 5. The number of piperidine rings is 1. The number of amides is 2. The molecule has 28 heavy (non-hydrogen) atoms. The number of benzene rings is 1. The predicted octanol–water partition coefficient (Wildman–Crippen LogP) is 3.06. The number of aromatic nitrogens is 3. The van der Waals surface area contributed by atoms with E-state index in [1.54, 1.807) is 9.58 Å². The molecule has 0 bridgehead atoms. The molecule has 3 rings (SSSR count). The molecule has 150 valence electrons. The van der Waals surface area contributed by atoms with Crippen LogP contribution in [-0.4, -0.2) is 62.8 Å². The van der Waals surface area contributed by atoms with E-state index in [9.17, 15) is 9.59 Å². The van der Waals surface area contributed by atoms with Crippen molar-refractivity contribution in [2.24, 2.45) is 5.92 Å². The first-order valence-corrected chi connectivity index (χ1v) is 10.5. The summed E-state index contributed by atoms with van der Waals surface area (Å²) < 4.78 is 2.61. The fourth-order valence-corrected chi connectivity index (χ4v) is 4.04. The molecule has 2 aromatic rings. The standard InChI is InChI=1S/C20H26BrN5O2/c1-4-24(5-2)19(27)15-9-11-25(12-10-15)20(28)18-14(3)26(23-22-18)17-8-6-7-16(21)13-17/h6-8,13,15H,4-5,9-12H2,1-3H3. The zero-order valence-corrected chi connectivity index (χ0v) is 18.1. The van der Waals surface area contributed by atoms with E-state index >= 15 is 0 Å². The van der Waals surface area contributed by atoms with E-state index in [0.29, 0.717) is 37.3 Å². The van der Waals surface area contributed by atoms with Crippen LogP contribution in [-0.2, 0) is 4.79 Å². The number of likely N-dealkylation sites (tertiary alicyclic amines) is 1. The first kappa shape index (κ1) is 20.5. The van der Waals surface area contributed by atoms with Crippen LogP contribution in [0.5, 0.6) is 0 Å². The van der Waals surface area contributed by atoms with Crippen molar-refractivity contribution >= 4 is 27.7 Å². The van der Waals surface area contributed by atoms with Crippen molar-refractivity contribution in [3.63, 3.8) is 0 Å². The lowest BCUT2D eigenvalue weighted by Gasteiger charge is -2.33. The maximum atomic E-state index is 13.0. The van der Waals surface area contributed by atoms with Crippen molar-refractivity contribution in [2.75, 3.05) is 26.2 Å². The van der Waals surface area contributed by atoms with E-state index in [1.807, 2.05) is 49.9 Å². The second kappa shape index (κ2) is 8.86. The Hall–Kier alpha value is -2.22. The molecule has 0 aliphatic carbocycles. The summed E-state index contributed by atoms with van der Waals surface area (Å²) in [6.45, 7) is 8.44. The predicted molar refractivity (Wildman–Crippen MR) is 110 cm³/mol. The van der Waals surface area contributed by atoms with Gasteiger partial charge in [-0.05, 0) is 51.8 Å². The van der Waals surface area contributed by atoms with E-state index in [4.69, 9.17) is 0 Å². The summed E-state index contributed by atoms with van der Waals surface area (Å²) in [7, 11) is 0. The van der Waals surface area contributed by atoms with Gasteiger partial charge >= 0.3 is 0 Å². The number of carbonyl (C=O) groups excluding carboxylic acids is 2. The summed E-state index contributed by atoms with van der Waals surface area (Å²) in [4.78, 5) is 29.2. The van der Waals surface area contributed by atoms with E-state index in [1.165, 1.54) is 0 Å². The average molecular weight is 448 g/mol. The first-order chi connectivity index (χ1) is 13.5. The van der Waals surface area contributed by atoms with Crippen molar-refractivity contribution in [1.82, 2.24) is 24.8 Å². The molecule has 0 N–H and O–H groups in total. The molecule has 1 aliphatic heterocycles. The van der Waals surface area contributed by atoms with Crippen LogP contribution in [0.3, 0.4) is 0 Å². The van der Waals surface area contributed by atoms with Gasteiger partial charge in [-0.1, -0.05) is 27.2 Å². The molecule has 1 aliphatic rings. The quantitative estimate of drug-likeness (QED) is 0.705. The van der Waals surface area contributed by atoms with Gasteiger partial charge in [0.05, 0.1) is 11.4 Å². The highest BCUT2D eigenvalue weighted by atomic mass is 79.9. The fourth-order valence-electron chi connectivity index (χ4n) is 3.65. The zero-order valence-electron chi connectivity index (χ0n) is 16.6. The van der Waals surface area contributed by atoms with Crippen LogP contribution in [0.2, 0.25) is 0 Å². The lowest BCUT2D eigenvalue weighted by atomic mass is 9.95. The average Bonchev–Trinajstić information content (AvgIpc) is 3.09. The van der Waals surface area contributed by atoms with E-state index in [-0.39, 0.29) is 17.7 Å². The van der Waals surface area contributed by atoms with Crippen LogP contribution in [0, 0.1) is 12.8 Å². The lowest BCUT2D eigenvalue weighted by molar-refractivity contribution is -0.136. The van der Waals surface area contributed by atoms with E-state index in [2.05, 4.69) is 26.2 Å². The molecule has 7 nitrogen and oxygen atoms in total. The Bertz CT molecular complexity index is 854. The molecule has 1 aromatic carbocycles. The van der Waals surface area contributed by atoms with Crippen LogP contribution in [0.4, 0.5) is 0 Å². The van der Waals surface area contributed by atoms with Crippen LogP contribution >= 0.6 is 15.9 Å². The summed E-state index contributed by atoms with van der Waals surface area (Å²) in [5.41, 5.74) is 1.93. The molecule has 8 heteroatoms. The van der Waals surface area contributed by atoms with Crippen molar-refractivity contribution in [3.8, 4) is 5.69 Å². The molecule has 1 aromatic heterocycles. The molecule has 0 radical (unpaired) electrons. The van der Waals surface area contributed by atoms with Gasteiger partial charge in [0.15, 0.2) is 5.69 Å². The smallest absolute Gasteiger partial charge is 0.276 e. The van der Waals surface area contributed by atoms with Crippen LogP contribution in [0.25, 0.3) is 5.69 Å². The molecule has 0 unspecified atom stereocenters. The number of rotatable bonds is 5. The van der Waals surface area contributed by atoms with E-state index in [0.717, 1.165) is 23.2 Å². The maximum Gasteiger partial charge on any atom is 0.276 e. The Kier molecular flexibility index (Phi) is 6.49. The van der Waals surface area contributed by atoms with Gasteiger partial charge in [-0.2, -0.15) is 0 Å². The molecular weight excluding hydrogens is 422 g/mol. The third-order valence-corrected chi connectivity index (χ3v) is 5.85. The van der Waals surface area contributed by atoms with Crippen molar-refractivity contribution in [2.45, 2.75) is 33.6 Å². The largest absolute Gasteiger partial charge is 0.343 e. The minimum Gasteiger partial charge on any atom is -0.343 e. The minimum absolute atomic E-state index is 0.00222. The fraction of sp³-hybridized carbons (Fsp3) is 0.500. The van der Waals surface area contributed by atoms with Gasteiger partial charge in [-0.15, -0.1) is 5.10 Å². The molecule has 1 fully saturated rings. The van der Waals surface area contributed by atoms with Crippen molar-refractivity contribution < 1.29 is 9.59 Å². The number of hydrogen-bond donors (Lipinski definition) is 0. The van der Waals surface area contributed by atoms with Gasteiger partial charge in [0.1, 0.15) is 0 Å². The second-order valence-electron chi connectivity index (χ2n) is 6.99. The van der Waals surface area contributed by atoms with Gasteiger partial charge in [0.25, 0.3) is 5.91 Å². The molecule has 0 spiro atoms. The Morgan fingerprint density at radius 1 is 1.21 bits per heavy atom. The second-order valence-corrected chi connectivity index (χ2v) is 7.91. The van der Waals surface area contributed by atoms with Gasteiger partial charge in [0, 0.05) is 36.6 Å². The number of carbonyl (C=O) groups is 2. The molecule has 1 saturated heterocycles.